The van der Waals surface area contributed by atoms with E-state index in [9.17, 15) is 0 Å². The minimum atomic E-state index is 0.753. The van der Waals surface area contributed by atoms with E-state index in [-0.39, 0.29) is 0 Å². The smallest absolute Gasteiger partial charge is 0.182 e. The van der Waals surface area contributed by atoms with E-state index < -0.39 is 0 Å². The van der Waals surface area contributed by atoms with Gasteiger partial charge in [-0.3, -0.25) is 0 Å². The average Bonchev–Trinajstić information content (AvgIpc) is 2.85. The van der Waals surface area contributed by atoms with Crippen molar-refractivity contribution >= 4 is 16.5 Å². The summed E-state index contributed by atoms with van der Waals surface area (Å²) < 4.78 is 0. The molecule has 0 radical (unpaired) electrons. The van der Waals surface area contributed by atoms with E-state index in [0.29, 0.717) is 0 Å². The Bertz CT molecular complexity index is 300. The summed E-state index contributed by atoms with van der Waals surface area (Å²) in [6.45, 7) is 2.23. The molecular weight excluding hydrogens is 192 g/mol. The van der Waals surface area contributed by atoms with Gasteiger partial charge in [0.1, 0.15) is 0 Å². The highest BCUT2D eigenvalue weighted by molar-refractivity contribution is 7.15. The zero-order chi connectivity index (χ0) is 9.97. The minimum absolute atomic E-state index is 0.753. The number of aromatic nitrogens is 1. The lowest BCUT2D eigenvalue weighted by atomic mass is 10.0. The third-order valence-electron chi connectivity index (χ3n) is 3.00. The van der Waals surface area contributed by atoms with E-state index in [1.165, 1.54) is 36.3 Å². The van der Waals surface area contributed by atoms with Crippen LogP contribution in [0.1, 0.15) is 49.1 Å². The predicted octanol–water partition coefficient (Wildman–Crippen LogP) is 3.40. The van der Waals surface area contributed by atoms with Gasteiger partial charge in [-0.1, -0.05) is 19.8 Å². The molecule has 1 fully saturated rings. The van der Waals surface area contributed by atoms with Crippen LogP contribution in [-0.4, -0.2) is 12.0 Å². The van der Waals surface area contributed by atoms with Crippen molar-refractivity contribution in [1.82, 2.24) is 4.98 Å². The zero-order valence-electron chi connectivity index (χ0n) is 8.97. The summed E-state index contributed by atoms with van der Waals surface area (Å²) in [5.74, 6) is 0.753. The van der Waals surface area contributed by atoms with Crippen LogP contribution in [0.3, 0.4) is 0 Å². The maximum Gasteiger partial charge on any atom is 0.182 e. The van der Waals surface area contributed by atoms with Crippen LogP contribution in [0, 0.1) is 0 Å². The first kappa shape index (κ1) is 9.97. The first-order valence-corrected chi connectivity index (χ1v) is 6.34. The number of nitrogens with zero attached hydrogens (tertiary/aromatic N) is 1. The van der Waals surface area contributed by atoms with Crippen molar-refractivity contribution in [2.45, 2.75) is 44.9 Å². The first-order valence-electron chi connectivity index (χ1n) is 5.52. The fraction of sp³-hybridized carbons (Fsp3) is 0.727. The van der Waals surface area contributed by atoms with E-state index >= 15 is 0 Å². The number of aryl methyl sites for hydroxylation is 1. The van der Waals surface area contributed by atoms with Crippen molar-refractivity contribution in [2.75, 3.05) is 12.4 Å². The second kappa shape index (κ2) is 4.30. The standard InChI is InChI=1S/C11H18N2S/c1-3-9-10(8-6-4-5-7-8)13-11(12-2)14-9/h8H,3-7H2,1-2H3,(H,12,13). The Kier molecular flexibility index (Phi) is 3.06. The fourth-order valence-electron chi connectivity index (χ4n) is 2.24. The maximum atomic E-state index is 4.69. The van der Waals surface area contributed by atoms with E-state index in [1.807, 2.05) is 18.4 Å². The lowest BCUT2D eigenvalue weighted by molar-refractivity contribution is 0.695. The molecule has 0 aromatic carbocycles. The summed E-state index contributed by atoms with van der Waals surface area (Å²) >= 11 is 1.82. The molecule has 0 bridgehead atoms. The van der Waals surface area contributed by atoms with Crippen molar-refractivity contribution in [1.29, 1.82) is 0 Å². The quantitative estimate of drug-likeness (QED) is 0.827. The van der Waals surface area contributed by atoms with Gasteiger partial charge in [-0.2, -0.15) is 0 Å². The number of anilines is 1. The molecule has 0 aliphatic heterocycles. The largest absolute Gasteiger partial charge is 0.365 e. The number of nitrogens with one attached hydrogen (secondary N) is 1. The maximum absolute atomic E-state index is 4.69. The van der Waals surface area contributed by atoms with Crippen molar-refractivity contribution in [3.8, 4) is 0 Å². The van der Waals surface area contributed by atoms with Gasteiger partial charge in [0.05, 0.1) is 5.69 Å². The van der Waals surface area contributed by atoms with Crippen molar-refractivity contribution in [3.05, 3.63) is 10.6 Å². The Morgan fingerprint density at radius 2 is 2.14 bits per heavy atom. The molecule has 1 aromatic rings. The normalized spacial score (nSPS) is 17.6. The Morgan fingerprint density at radius 1 is 1.43 bits per heavy atom. The van der Waals surface area contributed by atoms with Gasteiger partial charge in [-0.15, -0.1) is 11.3 Å². The molecule has 1 aromatic heterocycles. The minimum Gasteiger partial charge on any atom is -0.365 e. The Labute approximate surface area is 89.8 Å². The van der Waals surface area contributed by atoms with E-state index in [4.69, 9.17) is 0 Å². The summed E-state index contributed by atoms with van der Waals surface area (Å²) in [5.41, 5.74) is 1.39. The van der Waals surface area contributed by atoms with Crippen molar-refractivity contribution in [2.24, 2.45) is 0 Å². The molecule has 1 saturated carbocycles. The molecule has 0 saturated heterocycles. The third-order valence-corrected chi connectivity index (χ3v) is 4.24. The molecule has 78 valence electrons. The lowest BCUT2D eigenvalue weighted by Crippen LogP contribution is -1.97. The van der Waals surface area contributed by atoms with Crippen LogP contribution in [0.4, 0.5) is 5.13 Å². The van der Waals surface area contributed by atoms with Crippen LogP contribution in [0.15, 0.2) is 0 Å². The summed E-state index contributed by atoms with van der Waals surface area (Å²) in [6, 6.07) is 0. The molecule has 2 rings (SSSR count). The molecule has 0 amide bonds. The van der Waals surface area contributed by atoms with Crippen LogP contribution in [0.25, 0.3) is 0 Å². The van der Waals surface area contributed by atoms with Crippen molar-refractivity contribution in [3.63, 3.8) is 0 Å². The average molecular weight is 210 g/mol. The van der Waals surface area contributed by atoms with E-state index in [1.54, 1.807) is 0 Å². The first-order chi connectivity index (χ1) is 6.85. The monoisotopic (exact) mass is 210 g/mol. The van der Waals surface area contributed by atoms with Crippen LogP contribution in [-0.2, 0) is 6.42 Å². The van der Waals surface area contributed by atoms with Crippen LogP contribution >= 0.6 is 11.3 Å². The highest BCUT2D eigenvalue weighted by Crippen LogP contribution is 2.38. The van der Waals surface area contributed by atoms with Crippen LogP contribution < -0.4 is 5.32 Å². The fourth-order valence-corrected chi connectivity index (χ4v) is 3.18. The number of rotatable bonds is 3. The Balaban J connectivity index is 2.25. The summed E-state index contributed by atoms with van der Waals surface area (Å²) in [5, 5.41) is 4.24. The molecule has 1 aliphatic rings. The third kappa shape index (κ3) is 1.78. The van der Waals surface area contributed by atoms with Crippen molar-refractivity contribution < 1.29 is 0 Å². The van der Waals surface area contributed by atoms with Gasteiger partial charge in [-0.25, -0.2) is 4.98 Å². The molecule has 0 spiro atoms. The topological polar surface area (TPSA) is 24.9 Å². The van der Waals surface area contributed by atoms with Gasteiger partial charge >= 0.3 is 0 Å². The van der Waals surface area contributed by atoms with E-state index in [0.717, 1.165) is 17.5 Å². The van der Waals surface area contributed by atoms with Crippen LogP contribution in [0.2, 0.25) is 0 Å². The highest BCUT2D eigenvalue weighted by atomic mass is 32.1. The molecule has 1 N–H and O–H groups in total. The van der Waals surface area contributed by atoms with Gasteiger partial charge < -0.3 is 5.32 Å². The predicted molar refractivity (Wildman–Crippen MR) is 62.2 cm³/mol. The lowest BCUT2D eigenvalue weighted by Gasteiger charge is -2.06. The summed E-state index contributed by atoms with van der Waals surface area (Å²) in [7, 11) is 1.96. The second-order valence-electron chi connectivity index (χ2n) is 3.91. The Morgan fingerprint density at radius 3 is 2.71 bits per heavy atom. The second-order valence-corrected chi connectivity index (χ2v) is 5.00. The number of hydrogen-bond acceptors (Lipinski definition) is 3. The molecule has 2 nitrogen and oxygen atoms in total. The van der Waals surface area contributed by atoms with Gasteiger partial charge in [-0.05, 0) is 19.3 Å². The zero-order valence-corrected chi connectivity index (χ0v) is 9.78. The summed E-state index contributed by atoms with van der Waals surface area (Å²) in [6.07, 6.45) is 6.60. The van der Waals surface area contributed by atoms with E-state index in [2.05, 4.69) is 17.2 Å². The summed E-state index contributed by atoms with van der Waals surface area (Å²) in [4.78, 5) is 6.18. The highest BCUT2D eigenvalue weighted by Gasteiger charge is 2.22. The molecule has 0 atom stereocenters. The number of thiazole rings is 1. The molecule has 3 heteroatoms. The molecule has 14 heavy (non-hydrogen) atoms. The Hall–Kier alpha value is -0.570. The molecule has 1 aliphatic carbocycles. The van der Waals surface area contributed by atoms with Crippen LogP contribution in [0.5, 0.6) is 0 Å². The van der Waals surface area contributed by atoms with Gasteiger partial charge in [0.2, 0.25) is 0 Å². The van der Waals surface area contributed by atoms with Gasteiger partial charge in [0, 0.05) is 17.8 Å². The molecule has 1 heterocycles. The number of hydrogen-bond donors (Lipinski definition) is 1. The molecular formula is C11H18N2S. The van der Waals surface area contributed by atoms with Gasteiger partial charge in [0.15, 0.2) is 5.13 Å². The SMILES string of the molecule is CCc1sc(NC)nc1C1CCCC1. The molecule has 0 unspecified atom stereocenters. The van der Waals surface area contributed by atoms with Gasteiger partial charge in [0.25, 0.3) is 0 Å².